The highest BCUT2D eigenvalue weighted by atomic mass is 19.4. The van der Waals surface area contributed by atoms with Crippen molar-refractivity contribution in [1.29, 1.82) is 0 Å². The maximum absolute atomic E-state index is 13.1. The predicted molar refractivity (Wildman–Crippen MR) is 72.2 cm³/mol. The molecule has 116 valence electrons. The molecule has 0 spiro atoms. The Labute approximate surface area is 123 Å². The van der Waals surface area contributed by atoms with Crippen LogP contribution in [-0.4, -0.2) is 21.9 Å². The number of nitrogens with zero attached hydrogens (tertiary/aromatic N) is 2. The van der Waals surface area contributed by atoms with Crippen LogP contribution in [0, 0.1) is 0 Å². The first-order valence-corrected chi connectivity index (χ1v) is 6.26. The van der Waals surface area contributed by atoms with Gasteiger partial charge in [-0.1, -0.05) is 30.3 Å². The summed E-state index contributed by atoms with van der Waals surface area (Å²) in [4.78, 5) is 23.1. The molecule has 2 rings (SSSR count). The SMILES string of the molecule is Cn1nc(C(=O)N[C@@H](c2ccccc2)C(F)(F)F)ccc1=O. The van der Waals surface area contributed by atoms with E-state index in [1.807, 2.05) is 5.32 Å². The Bertz CT molecular complexity index is 726. The summed E-state index contributed by atoms with van der Waals surface area (Å²) in [5, 5.41) is 5.52. The number of benzene rings is 1. The topological polar surface area (TPSA) is 64.0 Å². The molecule has 0 radical (unpaired) electrons. The van der Waals surface area contributed by atoms with Crippen molar-refractivity contribution >= 4 is 5.91 Å². The summed E-state index contributed by atoms with van der Waals surface area (Å²) in [7, 11) is 1.30. The molecular weight excluding hydrogens is 299 g/mol. The van der Waals surface area contributed by atoms with Crippen molar-refractivity contribution in [3.8, 4) is 0 Å². The number of amides is 1. The van der Waals surface area contributed by atoms with Crippen LogP contribution in [0.15, 0.2) is 47.3 Å². The van der Waals surface area contributed by atoms with Gasteiger partial charge in [0.25, 0.3) is 11.5 Å². The van der Waals surface area contributed by atoms with Gasteiger partial charge < -0.3 is 5.32 Å². The number of hydrogen-bond acceptors (Lipinski definition) is 3. The summed E-state index contributed by atoms with van der Waals surface area (Å²) >= 11 is 0. The van der Waals surface area contributed by atoms with Crippen molar-refractivity contribution in [2.24, 2.45) is 7.05 Å². The molecule has 1 atom stereocenters. The second-order valence-electron chi connectivity index (χ2n) is 4.54. The first-order valence-electron chi connectivity index (χ1n) is 6.26. The highest BCUT2D eigenvalue weighted by molar-refractivity contribution is 5.92. The number of rotatable bonds is 3. The Kier molecular flexibility index (Phi) is 4.30. The van der Waals surface area contributed by atoms with Crippen LogP contribution < -0.4 is 10.9 Å². The van der Waals surface area contributed by atoms with Crippen LogP contribution in [-0.2, 0) is 7.05 Å². The second-order valence-corrected chi connectivity index (χ2v) is 4.54. The summed E-state index contributed by atoms with van der Waals surface area (Å²) in [5.74, 6) is -1.01. The second kappa shape index (κ2) is 6.00. The largest absolute Gasteiger partial charge is 0.412 e. The van der Waals surface area contributed by atoms with Gasteiger partial charge in [-0.3, -0.25) is 9.59 Å². The monoisotopic (exact) mass is 311 g/mol. The fourth-order valence-corrected chi connectivity index (χ4v) is 1.83. The molecular formula is C14H12F3N3O2. The lowest BCUT2D eigenvalue weighted by molar-refractivity contribution is -0.155. The van der Waals surface area contributed by atoms with E-state index in [0.29, 0.717) is 0 Å². The molecule has 0 aliphatic carbocycles. The van der Waals surface area contributed by atoms with E-state index in [1.54, 1.807) is 6.07 Å². The van der Waals surface area contributed by atoms with Gasteiger partial charge in [0.2, 0.25) is 0 Å². The number of carbonyl (C=O) groups is 1. The third-order valence-corrected chi connectivity index (χ3v) is 2.93. The zero-order chi connectivity index (χ0) is 16.3. The molecule has 5 nitrogen and oxygen atoms in total. The molecule has 0 aliphatic rings. The molecule has 1 heterocycles. The molecule has 1 aromatic carbocycles. The van der Waals surface area contributed by atoms with Crippen molar-refractivity contribution in [2.75, 3.05) is 0 Å². The van der Waals surface area contributed by atoms with Crippen LogP contribution in [0.1, 0.15) is 22.1 Å². The van der Waals surface area contributed by atoms with Crippen LogP contribution in [0.2, 0.25) is 0 Å². The quantitative estimate of drug-likeness (QED) is 0.940. The molecule has 22 heavy (non-hydrogen) atoms. The van der Waals surface area contributed by atoms with E-state index >= 15 is 0 Å². The number of hydrogen-bond donors (Lipinski definition) is 1. The molecule has 0 aliphatic heterocycles. The zero-order valence-corrected chi connectivity index (χ0v) is 11.5. The van der Waals surface area contributed by atoms with Gasteiger partial charge in [-0.25, -0.2) is 4.68 Å². The van der Waals surface area contributed by atoms with Crippen LogP contribution >= 0.6 is 0 Å². The van der Waals surface area contributed by atoms with Crippen molar-refractivity contribution < 1.29 is 18.0 Å². The first-order chi connectivity index (χ1) is 10.3. The minimum absolute atomic E-state index is 0.0897. The van der Waals surface area contributed by atoms with Crippen LogP contribution in [0.4, 0.5) is 13.2 Å². The van der Waals surface area contributed by atoms with Crippen molar-refractivity contribution in [1.82, 2.24) is 15.1 Å². The Balaban J connectivity index is 2.29. The number of nitrogens with one attached hydrogen (secondary N) is 1. The summed E-state index contributed by atoms with van der Waals surface area (Å²) < 4.78 is 40.3. The molecule has 1 amide bonds. The Morgan fingerprint density at radius 2 is 1.82 bits per heavy atom. The maximum atomic E-state index is 13.1. The minimum Gasteiger partial charge on any atom is -0.335 e. The summed E-state index contributed by atoms with van der Waals surface area (Å²) in [6, 6.07) is 7.01. The highest BCUT2D eigenvalue weighted by Crippen LogP contribution is 2.32. The number of alkyl halides is 3. The molecule has 0 saturated heterocycles. The van der Waals surface area contributed by atoms with E-state index in [-0.39, 0.29) is 11.3 Å². The van der Waals surface area contributed by atoms with Crippen LogP contribution in [0.3, 0.4) is 0 Å². The van der Waals surface area contributed by atoms with Crippen molar-refractivity contribution in [2.45, 2.75) is 12.2 Å². The number of aromatic nitrogens is 2. The lowest BCUT2D eigenvalue weighted by Crippen LogP contribution is -2.39. The standard InChI is InChI=1S/C14H12F3N3O2/c1-20-11(21)8-7-10(19-20)13(22)18-12(14(15,16)17)9-5-3-2-4-6-9/h2-8,12H,1H3,(H,18,22)/t12-/m0/s1. The zero-order valence-electron chi connectivity index (χ0n) is 11.5. The van der Waals surface area contributed by atoms with E-state index in [1.165, 1.54) is 31.3 Å². The van der Waals surface area contributed by atoms with E-state index in [0.717, 1.165) is 16.8 Å². The van der Waals surface area contributed by atoms with Gasteiger partial charge in [0.05, 0.1) is 0 Å². The Hall–Kier alpha value is -2.64. The third kappa shape index (κ3) is 3.51. The summed E-state index contributed by atoms with van der Waals surface area (Å²) in [6.45, 7) is 0. The van der Waals surface area contributed by atoms with Crippen molar-refractivity contribution in [3.63, 3.8) is 0 Å². The van der Waals surface area contributed by atoms with Crippen LogP contribution in [0.5, 0.6) is 0 Å². The van der Waals surface area contributed by atoms with Gasteiger partial charge >= 0.3 is 6.18 Å². The van der Waals surface area contributed by atoms with Gasteiger partial charge in [0.1, 0.15) is 5.69 Å². The number of carbonyl (C=O) groups excluding carboxylic acids is 1. The Morgan fingerprint density at radius 1 is 1.18 bits per heavy atom. The summed E-state index contributed by atoms with van der Waals surface area (Å²) in [5.41, 5.74) is -0.826. The average Bonchev–Trinajstić information content (AvgIpc) is 2.47. The van der Waals surface area contributed by atoms with Gasteiger partial charge in [-0.15, -0.1) is 0 Å². The van der Waals surface area contributed by atoms with E-state index in [2.05, 4.69) is 5.10 Å². The number of aryl methyl sites for hydroxylation is 1. The lowest BCUT2D eigenvalue weighted by atomic mass is 10.1. The summed E-state index contributed by atoms with van der Waals surface area (Å²) in [6.07, 6.45) is -4.66. The van der Waals surface area contributed by atoms with Crippen LogP contribution in [0.25, 0.3) is 0 Å². The first kappa shape index (κ1) is 15.7. The predicted octanol–water partition coefficient (Wildman–Crippen LogP) is 1.81. The molecule has 0 fully saturated rings. The van der Waals surface area contributed by atoms with Crippen molar-refractivity contribution in [3.05, 3.63) is 64.1 Å². The van der Waals surface area contributed by atoms with Gasteiger partial charge in [-0.2, -0.15) is 18.3 Å². The number of halogens is 3. The van der Waals surface area contributed by atoms with Gasteiger partial charge in [0, 0.05) is 13.1 Å². The fourth-order valence-electron chi connectivity index (χ4n) is 1.83. The van der Waals surface area contributed by atoms with E-state index in [9.17, 15) is 22.8 Å². The molecule has 0 unspecified atom stereocenters. The molecule has 2 aromatic rings. The van der Waals surface area contributed by atoms with Gasteiger partial charge in [-0.05, 0) is 11.6 Å². The normalized spacial score (nSPS) is 12.7. The third-order valence-electron chi connectivity index (χ3n) is 2.93. The molecule has 8 heteroatoms. The molecule has 1 N–H and O–H groups in total. The highest BCUT2D eigenvalue weighted by Gasteiger charge is 2.42. The fraction of sp³-hybridized carbons (Fsp3) is 0.214. The molecule has 0 bridgehead atoms. The van der Waals surface area contributed by atoms with E-state index in [4.69, 9.17) is 0 Å². The maximum Gasteiger partial charge on any atom is 0.412 e. The molecule has 1 aromatic heterocycles. The average molecular weight is 311 g/mol. The Morgan fingerprint density at radius 3 is 2.36 bits per heavy atom. The van der Waals surface area contributed by atoms with E-state index < -0.39 is 23.7 Å². The lowest BCUT2D eigenvalue weighted by Gasteiger charge is -2.21. The minimum atomic E-state index is -4.66. The van der Waals surface area contributed by atoms with Gasteiger partial charge in [0.15, 0.2) is 6.04 Å². The molecule has 0 saturated carbocycles. The smallest absolute Gasteiger partial charge is 0.335 e.